The fraction of sp³-hybridized carbons (Fsp3) is 0.571. The highest BCUT2D eigenvalue weighted by Gasteiger charge is 2.13. The lowest BCUT2D eigenvalue weighted by atomic mass is 10.2. The summed E-state index contributed by atoms with van der Waals surface area (Å²) in [5.41, 5.74) is 7.78. The second-order valence-electron chi connectivity index (χ2n) is 5.03. The van der Waals surface area contributed by atoms with Gasteiger partial charge < -0.3 is 15.4 Å². The molecule has 0 bridgehead atoms. The Hall–Kier alpha value is -1.26. The number of piperazine rings is 1. The molecule has 2 rings (SSSR count). The van der Waals surface area contributed by atoms with Gasteiger partial charge in [0.25, 0.3) is 0 Å². The number of likely N-dealkylation sites (N-methyl/N-ethyl adjacent to an activating group) is 1. The molecule has 1 aliphatic heterocycles. The summed E-state index contributed by atoms with van der Waals surface area (Å²) in [5, 5.41) is 0. The number of rotatable bonds is 4. The van der Waals surface area contributed by atoms with E-state index in [2.05, 4.69) is 16.8 Å². The molecule has 18 heavy (non-hydrogen) atoms. The van der Waals surface area contributed by atoms with Crippen molar-refractivity contribution in [2.45, 2.75) is 6.92 Å². The van der Waals surface area contributed by atoms with Crippen LogP contribution in [-0.4, -0.2) is 56.2 Å². The largest absolute Gasteiger partial charge is 0.490 e. The molecular formula is C14H23N3O. The van der Waals surface area contributed by atoms with Crippen LogP contribution in [0.1, 0.15) is 5.56 Å². The average Bonchev–Trinajstić information content (AvgIpc) is 2.36. The molecule has 4 heteroatoms. The van der Waals surface area contributed by atoms with E-state index in [9.17, 15) is 0 Å². The van der Waals surface area contributed by atoms with E-state index < -0.39 is 0 Å². The number of ether oxygens (including phenoxy) is 1. The summed E-state index contributed by atoms with van der Waals surface area (Å²) in [6.07, 6.45) is 0. The van der Waals surface area contributed by atoms with Gasteiger partial charge >= 0.3 is 0 Å². The van der Waals surface area contributed by atoms with Crippen LogP contribution in [0.15, 0.2) is 18.2 Å². The first-order valence-corrected chi connectivity index (χ1v) is 6.55. The van der Waals surface area contributed by atoms with Gasteiger partial charge in [0.2, 0.25) is 0 Å². The molecule has 1 aliphatic rings. The van der Waals surface area contributed by atoms with Crippen molar-refractivity contribution in [3.8, 4) is 5.75 Å². The van der Waals surface area contributed by atoms with Gasteiger partial charge in [-0.1, -0.05) is 6.07 Å². The second-order valence-corrected chi connectivity index (χ2v) is 5.03. The number of nitrogens with two attached hydrogens (primary N) is 1. The third kappa shape index (κ3) is 3.62. The maximum Gasteiger partial charge on any atom is 0.142 e. The predicted molar refractivity (Wildman–Crippen MR) is 75.0 cm³/mol. The Morgan fingerprint density at radius 3 is 2.67 bits per heavy atom. The van der Waals surface area contributed by atoms with Crippen molar-refractivity contribution in [2.75, 3.05) is 52.1 Å². The summed E-state index contributed by atoms with van der Waals surface area (Å²) >= 11 is 0. The van der Waals surface area contributed by atoms with Crippen LogP contribution in [0.5, 0.6) is 5.75 Å². The zero-order valence-electron chi connectivity index (χ0n) is 11.4. The summed E-state index contributed by atoms with van der Waals surface area (Å²) in [6, 6.07) is 5.91. The first-order chi connectivity index (χ1) is 8.65. The standard InChI is InChI=1S/C14H23N3O/c1-12-3-4-13(15)14(11-12)18-10-9-17-7-5-16(2)6-8-17/h3-4,11H,5-10,15H2,1-2H3. The number of hydrogen-bond donors (Lipinski definition) is 1. The van der Waals surface area contributed by atoms with E-state index in [1.54, 1.807) is 0 Å². The van der Waals surface area contributed by atoms with Crippen LogP contribution in [0.25, 0.3) is 0 Å². The Kier molecular flexibility index (Phi) is 4.44. The number of nitrogens with zero attached hydrogens (tertiary/aromatic N) is 2. The van der Waals surface area contributed by atoms with E-state index in [-0.39, 0.29) is 0 Å². The van der Waals surface area contributed by atoms with Gasteiger partial charge in [-0.25, -0.2) is 0 Å². The number of anilines is 1. The Labute approximate surface area is 109 Å². The zero-order valence-corrected chi connectivity index (χ0v) is 11.4. The molecule has 0 aromatic heterocycles. The van der Waals surface area contributed by atoms with Crippen molar-refractivity contribution >= 4 is 5.69 Å². The predicted octanol–water partition coefficient (Wildman–Crippen LogP) is 1.20. The van der Waals surface area contributed by atoms with E-state index in [4.69, 9.17) is 10.5 Å². The van der Waals surface area contributed by atoms with Gasteiger partial charge in [-0.3, -0.25) is 4.90 Å². The lowest BCUT2D eigenvalue weighted by Crippen LogP contribution is -2.45. The molecule has 0 spiro atoms. The molecule has 0 aliphatic carbocycles. The smallest absolute Gasteiger partial charge is 0.142 e. The highest BCUT2D eigenvalue weighted by molar-refractivity contribution is 5.53. The van der Waals surface area contributed by atoms with Crippen molar-refractivity contribution in [3.05, 3.63) is 23.8 Å². The molecule has 0 unspecified atom stereocenters. The lowest BCUT2D eigenvalue weighted by Gasteiger charge is -2.32. The Morgan fingerprint density at radius 1 is 1.22 bits per heavy atom. The summed E-state index contributed by atoms with van der Waals surface area (Å²) in [7, 11) is 2.17. The Balaban J connectivity index is 1.76. The van der Waals surface area contributed by atoms with Crippen molar-refractivity contribution < 1.29 is 4.74 Å². The van der Waals surface area contributed by atoms with Gasteiger partial charge in [0, 0.05) is 32.7 Å². The van der Waals surface area contributed by atoms with Crippen LogP contribution in [0.2, 0.25) is 0 Å². The fourth-order valence-corrected chi connectivity index (χ4v) is 2.12. The maximum absolute atomic E-state index is 5.88. The normalized spacial score (nSPS) is 17.9. The molecule has 0 radical (unpaired) electrons. The third-order valence-electron chi connectivity index (χ3n) is 3.43. The number of benzene rings is 1. The molecule has 100 valence electrons. The van der Waals surface area contributed by atoms with Gasteiger partial charge in [-0.15, -0.1) is 0 Å². The number of aryl methyl sites for hydroxylation is 1. The molecule has 0 atom stereocenters. The van der Waals surface area contributed by atoms with Crippen molar-refractivity contribution in [2.24, 2.45) is 0 Å². The van der Waals surface area contributed by atoms with Gasteiger partial charge in [0.1, 0.15) is 12.4 Å². The first kappa shape index (κ1) is 13.2. The van der Waals surface area contributed by atoms with Crippen LogP contribution in [0.3, 0.4) is 0 Å². The van der Waals surface area contributed by atoms with Gasteiger partial charge in [-0.2, -0.15) is 0 Å². The van der Waals surface area contributed by atoms with E-state index in [1.807, 2.05) is 25.1 Å². The summed E-state index contributed by atoms with van der Waals surface area (Å²) in [4.78, 5) is 4.79. The van der Waals surface area contributed by atoms with E-state index in [1.165, 1.54) is 5.56 Å². The van der Waals surface area contributed by atoms with Crippen LogP contribution < -0.4 is 10.5 Å². The average molecular weight is 249 g/mol. The summed E-state index contributed by atoms with van der Waals surface area (Å²) in [6.45, 7) is 8.27. The van der Waals surface area contributed by atoms with Crippen molar-refractivity contribution in [1.82, 2.24) is 9.80 Å². The number of nitrogen functional groups attached to an aromatic ring is 1. The topological polar surface area (TPSA) is 41.7 Å². The van der Waals surface area contributed by atoms with Crippen molar-refractivity contribution in [3.63, 3.8) is 0 Å². The van der Waals surface area contributed by atoms with Gasteiger partial charge in [0.15, 0.2) is 0 Å². The molecule has 0 amide bonds. The molecule has 1 fully saturated rings. The molecule has 0 saturated carbocycles. The van der Waals surface area contributed by atoms with E-state index >= 15 is 0 Å². The van der Waals surface area contributed by atoms with E-state index in [0.29, 0.717) is 6.61 Å². The summed E-state index contributed by atoms with van der Waals surface area (Å²) in [5.74, 6) is 0.809. The van der Waals surface area contributed by atoms with Crippen LogP contribution in [0, 0.1) is 6.92 Å². The first-order valence-electron chi connectivity index (χ1n) is 6.55. The van der Waals surface area contributed by atoms with Crippen LogP contribution in [0.4, 0.5) is 5.69 Å². The zero-order chi connectivity index (χ0) is 13.0. The Morgan fingerprint density at radius 2 is 1.94 bits per heavy atom. The Bertz CT molecular complexity index is 387. The highest BCUT2D eigenvalue weighted by atomic mass is 16.5. The SMILES string of the molecule is Cc1ccc(N)c(OCCN2CCN(C)CC2)c1. The third-order valence-corrected chi connectivity index (χ3v) is 3.43. The molecule has 1 aromatic carbocycles. The minimum atomic E-state index is 0.706. The van der Waals surface area contributed by atoms with Gasteiger partial charge in [-0.05, 0) is 31.7 Å². The highest BCUT2D eigenvalue weighted by Crippen LogP contribution is 2.22. The maximum atomic E-state index is 5.88. The minimum Gasteiger partial charge on any atom is -0.490 e. The molecule has 1 heterocycles. The van der Waals surface area contributed by atoms with Crippen LogP contribution >= 0.6 is 0 Å². The second kappa shape index (κ2) is 6.07. The molecule has 1 saturated heterocycles. The summed E-state index contributed by atoms with van der Waals surface area (Å²) < 4.78 is 5.77. The lowest BCUT2D eigenvalue weighted by molar-refractivity contribution is 0.134. The quantitative estimate of drug-likeness (QED) is 0.814. The van der Waals surface area contributed by atoms with Gasteiger partial charge in [0.05, 0.1) is 5.69 Å². The van der Waals surface area contributed by atoms with E-state index in [0.717, 1.165) is 44.2 Å². The molecular weight excluding hydrogens is 226 g/mol. The molecule has 4 nitrogen and oxygen atoms in total. The molecule has 1 aromatic rings. The molecule has 2 N–H and O–H groups in total. The fourth-order valence-electron chi connectivity index (χ4n) is 2.12. The monoisotopic (exact) mass is 249 g/mol. The minimum absolute atomic E-state index is 0.706. The van der Waals surface area contributed by atoms with Crippen molar-refractivity contribution in [1.29, 1.82) is 0 Å². The van der Waals surface area contributed by atoms with Crippen LogP contribution in [-0.2, 0) is 0 Å². The number of hydrogen-bond acceptors (Lipinski definition) is 4.